The van der Waals surface area contributed by atoms with Crippen molar-refractivity contribution in [1.29, 1.82) is 0 Å². The van der Waals surface area contributed by atoms with Gasteiger partial charge in [0, 0.05) is 30.6 Å². The van der Waals surface area contributed by atoms with Crippen molar-refractivity contribution in [2.24, 2.45) is 5.92 Å². The average molecular weight is 428 g/mol. The van der Waals surface area contributed by atoms with E-state index in [1.807, 2.05) is 19.1 Å². The van der Waals surface area contributed by atoms with E-state index < -0.39 is 0 Å². The highest BCUT2D eigenvalue weighted by atomic mass is 16.5. The van der Waals surface area contributed by atoms with E-state index in [0.717, 1.165) is 11.3 Å². The number of anilines is 1. The van der Waals surface area contributed by atoms with Crippen LogP contribution in [0.2, 0.25) is 0 Å². The van der Waals surface area contributed by atoms with E-state index in [1.165, 1.54) is 12.0 Å². The number of piperidine rings is 1. The van der Waals surface area contributed by atoms with E-state index in [4.69, 9.17) is 9.47 Å². The summed E-state index contributed by atoms with van der Waals surface area (Å²) in [7, 11) is 3.13. The Bertz CT molecular complexity index is 908. The molecule has 2 aromatic rings. The number of amides is 2. The zero-order valence-corrected chi connectivity index (χ0v) is 18.2. The van der Waals surface area contributed by atoms with E-state index in [9.17, 15) is 14.7 Å². The Kier molecular flexibility index (Phi) is 7.46. The first-order chi connectivity index (χ1) is 15.0. The number of pyridine rings is 1. The molecule has 1 aliphatic rings. The number of rotatable bonds is 7. The number of Topliss-reactive ketones (excluding diaryl/α,β-unsaturated/α-hetero) is 1. The molecule has 1 aromatic heterocycles. The third-order valence-corrected chi connectivity index (χ3v) is 5.61. The van der Waals surface area contributed by atoms with Crippen LogP contribution in [-0.4, -0.2) is 67.3 Å². The molecule has 0 aliphatic carbocycles. The molecular formula is C23H29N3O5. The number of ketones is 1. The summed E-state index contributed by atoms with van der Waals surface area (Å²) in [6, 6.07) is 8.68. The highest BCUT2D eigenvalue weighted by Crippen LogP contribution is 2.26. The molecule has 8 nitrogen and oxygen atoms in total. The Morgan fingerprint density at radius 1 is 1.16 bits per heavy atom. The predicted octanol–water partition coefficient (Wildman–Crippen LogP) is 2.92. The number of likely N-dealkylation sites (tertiary alicyclic amines) is 1. The number of benzene rings is 1. The van der Waals surface area contributed by atoms with Gasteiger partial charge in [-0.25, -0.2) is 9.78 Å². The summed E-state index contributed by atoms with van der Waals surface area (Å²) in [4.78, 5) is 33.4. The minimum Gasteiger partial charge on any atom is -0.496 e. The second-order valence-electron chi connectivity index (χ2n) is 7.53. The highest BCUT2D eigenvalue weighted by molar-refractivity contribution is 5.98. The van der Waals surface area contributed by atoms with Gasteiger partial charge in [-0.3, -0.25) is 9.69 Å². The number of aromatic nitrogens is 1. The number of hydrogen-bond acceptors (Lipinski definition) is 6. The Hall–Kier alpha value is -3.13. The SMILES string of the molecule is COc1ccc(N(CCO)C(=O)N2CCC(C(=O)c3ccc(OC)c(C)c3)CC2)cn1. The van der Waals surface area contributed by atoms with Gasteiger partial charge in [0.1, 0.15) is 5.75 Å². The summed E-state index contributed by atoms with van der Waals surface area (Å²) >= 11 is 0. The molecule has 1 aromatic carbocycles. The van der Waals surface area contributed by atoms with Crippen LogP contribution >= 0.6 is 0 Å². The number of urea groups is 1. The third kappa shape index (κ3) is 5.14. The normalized spacial score (nSPS) is 14.3. The predicted molar refractivity (Wildman–Crippen MR) is 117 cm³/mol. The second-order valence-corrected chi connectivity index (χ2v) is 7.53. The van der Waals surface area contributed by atoms with E-state index in [-0.39, 0.29) is 30.9 Å². The van der Waals surface area contributed by atoms with Gasteiger partial charge in [-0.1, -0.05) is 0 Å². The number of ether oxygens (including phenoxy) is 2. The summed E-state index contributed by atoms with van der Waals surface area (Å²) in [5, 5.41) is 9.44. The number of carbonyl (C=O) groups is 2. The van der Waals surface area contributed by atoms with Gasteiger partial charge < -0.3 is 19.5 Å². The quantitative estimate of drug-likeness (QED) is 0.683. The first-order valence-electron chi connectivity index (χ1n) is 10.3. The van der Waals surface area contributed by atoms with Crippen molar-refractivity contribution < 1.29 is 24.2 Å². The van der Waals surface area contributed by atoms with Crippen LogP contribution in [0.3, 0.4) is 0 Å². The summed E-state index contributed by atoms with van der Waals surface area (Å²) < 4.78 is 10.3. The maximum atomic E-state index is 13.1. The molecule has 1 saturated heterocycles. The van der Waals surface area contributed by atoms with Crippen molar-refractivity contribution >= 4 is 17.5 Å². The van der Waals surface area contributed by atoms with Crippen LogP contribution in [0.4, 0.5) is 10.5 Å². The molecule has 0 atom stereocenters. The lowest BCUT2D eigenvalue weighted by atomic mass is 9.88. The lowest BCUT2D eigenvalue weighted by Gasteiger charge is -2.35. The summed E-state index contributed by atoms with van der Waals surface area (Å²) in [6.45, 7) is 2.88. The first-order valence-corrected chi connectivity index (χ1v) is 10.3. The molecular weight excluding hydrogens is 398 g/mol. The average Bonchev–Trinajstić information content (AvgIpc) is 2.82. The Morgan fingerprint density at radius 3 is 2.45 bits per heavy atom. The maximum absolute atomic E-state index is 13.1. The fourth-order valence-electron chi connectivity index (χ4n) is 3.86. The Labute approximate surface area is 182 Å². The molecule has 2 amide bonds. The van der Waals surface area contributed by atoms with Gasteiger partial charge in [0.05, 0.1) is 39.3 Å². The van der Waals surface area contributed by atoms with Crippen LogP contribution in [0.15, 0.2) is 36.5 Å². The molecule has 0 radical (unpaired) electrons. The molecule has 2 heterocycles. The molecule has 3 rings (SSSR count). The van der Waals surface area contributed by atoms with E-state index in [0.29, 0.717) is 43.1 Å². The maximum Gasteiger partial charge on any atom is 0.324 e. The summed E-state index contributed by atoms with van der Waals surface area (Å²) in [6.07, 6.45) is 2.75. The monoisotopic (exact) mass is 427 g/mol. The molecule has 1 fully saturated rings. The number of nitrogens with zero attached hydrogens (tertiary/aromatic N) is 3. The third-order valence-electron chi connectivity index (χ3n) is 5.61. The molecule has 0 unspecified atom stereocenters. The van der Waals surface area contributed by atoms with Crippen molar-refractivity contribution in [3.05, 3.63) is 47.7 Å². The zero-order valence-electron chi connectivity index (χ0n) is 18.2. The van der Waals surface area contributed by atoms with Crippen LogP contribution in [0.1, 0.15) is 28.8 Å². The van der Waals surface area contributed by atoms with Crippen LogP contribution < -0.4 is 14.4 Å². The highest BCUT2D eigenvalue weighted by Gasteiger charge is 2.30. The standard InChI is InChI=1S/C23H29N3O5/c1-16-14-18(4-6-20(16)30-2)22(28)17-8-10-25(11-9-17)23(29)26(12-13-27)19-5-7-21(31-3)24-15-19/h4-7,14-15,17,27H,8-13H2,1-3H3. The molecule has 1 N–H and O–H groups in total. The Morgan fingerprint density at radius 2 is 1.90 bits per heavy atom. The van der Waals surface area contributed by atoms with Crippen LogP contribution in [0.25, 0.3) is 0 Å². The molecule has 8 heteroatoms. The van der Waals surface area contributed by atoms with Gasteiger partial charge in [-0.15, -0.1) is 0 Å². The van der Waals surface area contributed by atoms with Crippen LogP contribution in [0.5, 0.6) is 11.6 Å². The van der Waals surface area contributed by atoms with Crippen LogP contribution in [-0.2, 0) is 0 Å². The molecule has 31 heavy (non-hydrogen) atoms. The molecule has 0 saturated carbocycles. The van der Waals surface area contributed by atoms with E-state index >= 15 is 0 Å². The number of aliphatic hydroxyl groups is 1. The molecule has 0 spiro atoms. The number of hydrogen-bond donors (Lipinski definition) is 1. The Balaban J connectivity index is 1.64. The lowest BCUT2D eigenvalue weighted by Crippen LogP contribution is -2.48. The van der Waals surface area contributed by atoms with Crippen molar-refractivity contribution in [2.75, 3.05) is 45.4 Å². The lowest BCUT2D eigenvalue weighted by molar-refractivity contribution is 0.0856. The van der Waals surface area contributed by atoms with Crippen molar-refractivity contribution in [2.45, 2.75) is 19.8 Å². The van der Waals surface area contributed by atoms with Crippen molar-refractivity contribution in [3.8, 4) is 11.6 Å². The van der Waals surface area contributed by atoms with Gasteiger partial charge in [-0.2, -0.15) is 0 Å². The number of aliphatic hydroxyl groups excluding tert-OH is 1. The minimum absolute atomic E-state index is 0.101. The number of methoxy groups -OCH3 is 2. The molecule has 0 bridgehead atoms. The second kappa shape index (κ2) is 10.3. The van der Waals surface area contributed by atoms with Crippen LogP contribution in [0, 0.1) is 12.8 Å². The van der Waals surface area contributed by atoms with E-state index in [1.54, 1.807) is 36.4 Å². The van der Waals surface area contributed by atoms with Crippen molar-refractivity contribution in [1.82, 2.24) is 9.88 Å². The smallest absolute Gasteiger partial charge is 0.324 e. The zero-order chi connectivity index (χ0) is 22.4. The summed E-state index contributed by atoms with van der Waals surface area (Å²) in [5.74, 6) is 1.19. The fourth-order valence-corrected chi connectivity index (χ4v) is 3.86. The number of aryl methyl sites for hydroxylation is 1. The number of carbonyl (C=O) groups excluding carboxylic acids is 2. The fraction of sp³-hybridized carbons (Fsp3) is 0.435. The summed E-state index contributed by atoms with van der Waals surface area (Å²) in [5.41, 5.74) is 2.19. The molecule has 166 valence electrons. The van der Waals surface area contributed by atoms with Crippen molar-refractivity contribution in [3.63, 3.8) is 0 Å². The first kappa shape index (κ1) is 22.6. The van der Waals surface area contributed by atoms with Gasteiger partial charge in [0.2, 0.25) is 5.88 Å². The van der Waals surface area contributed by atoms with Gasteiger partial charge >= 0.3 is 6.03 Å². The van der Waals surface area contributed by atoms with Gasteiger partial charge in [-0.05, 0) is 49.6 Å². The molecule has 1 aliphatic heterocycles. The largest absolute Gasteiger partial charge is 0.496 e. The van der Waals surface area contributed by atoms with E-state index in [2.05, 4.69) is 4.98 Å². The van der Waals surface area contributed by atoms with Gasteiger partial charge in [0.25, 0.3) is 0 Å². The van der Waals surface area contributed by atoms with Gasteiger partial charge in [0.15, 0.2) is 5.78 Å². The topological polar surface area (TPSA) is 92.2 Å². The minimum atomic E-state index is -0.202.